The highest BCUT2D eigenvalue weighted by atomic mass is 35.5. The lowest BCUT2D eigenvalue weighted by atomic mass is 9.97. The highest BCUT2D eigenvalue weighted by molar-refractivity contribution is 6.11. The smallest absolute Gasteiger partial charge is 0.196 e. The highest BCUT2D eigenvalue weighted by Crippen LogP contribution is 2.35. The topological polar surface area (TPSA) is 139 Å². The lowest BCUT2D eigenvalue weighted by Gasteiger charge is -2.10. The maximum Gasteiger partial charge on any atom is 0.196 e. The number of aromatic nitrogens is 1. The fourth-order valence-corrected chi connectivity index (χ4v) is 4.39. The van der Waals surface area contributed by atoms with E-state index >= 15 is 0 Å². The molecule has 0 aliphatic carbocycles. The highest BCUT2D eigenvalue weighted by Gasteiger charge is 2.18. The van der Waals surface area contributed by atoms with Crippen LogP contribution in [0.15, 0.2) is 89.5 Å². The molecule has 5 rings (SSSR count). The molecular formula is C34H41ClN2O6. The number of ketones is 1. The molecule has 0 spiro atoms. The van der Waals surface area contributed by atoms with Gasteiger partial charge in [0.25, 0.3) is 0 Å². The number of phenols is 3. The third-order valence-electron chi connectivity index (χ3n) is 6.30. The molecule has 0 bridgehead atoms. The molecule has 4 aromatic carbocycles. The number of nitrogens with two attached hydrogens (primary N) is 1. The van der Waals surface area contributed by atoms with Crippen molar-refractivity contribution in [2.24, 2.45) is 5.90 Å². The number of halogens is 1. The molecule has 0 saturated carbocycles. The standard InChI is InChI=1S/C16H15NO2.C16H16O3.2CH4.ClH2NO/c1-2-6-12-14(18)10-9-13-15(17-19-16(12)13)11-7-4-3-5-8-11;1-2-6-12-14(17)10-9-13(16(12)19)15(18)11-7-4-3-5-8-11;;;1-3-2/h3-5,7-10,18H,2,6H2,1H3;3-5,7-10,17,19H,2,6H2,1H3;2*1H4;2H2. The molecule has 0 atom stereocenters. The number of nitrogens with zero attached hydrogens (tertiary/aromatic N) is 1. The fraction of sp³-hybridized carbons (Fsp3) is 0.235. The summed E-state index contributed by atoms with van der Waals surface area (Å²) in [5.74, 6) is 4.07. The van der Waals surface area contributed by atoms with E-state index in [0.717, 1.165) is 41.5 Å². The summed E-state index contributed by atoms with van der Waals surface area (Å²) < 4.78 is 8.68. The van der Waals surface area contributed by atoms with Gasteiger partial charge in [-0.25, -0.2) is 0 Å². The van der Waals surface area contributed by atoms with Crippen LogP contribution in [0.3, 0.4) is 0 Å². The van der Waals surface area contributed by atoms with Gasteiger partial charge in [-0.2, -0.15) is 10.3 Å². The second-order valence-electron chi connectivity index (χ2n) is 9.08. The zero-order valence-corrected chi connectivity index (χ0v) is 23.6. The van der Waals surface area contributed by atoms with E-state index in [1.165, 1.54) is 12.1 Å². The van der Waals surface area contributed by atoms with E-state index in [4.69, 9.17) is 4.52 Å². The largest absolute Gasteiger partial charge is 0.508 e. The van der Waals surface area contributed by atoms with Gasteiger partial charge < -0.3 is 19.8 Å². The van der Waals surface area contributed by atoms with Crippen molar-refractivity contribution in [2.45, 2.75) is 54.4 Å². The Kier molecular flexibility index (Phi) is 15.5. The van der Waals surface area contributed by atoms with Gasteiger partial charge in [0.1, 0.15) is 22.9 Å². The summed E-state index contributed by atoms with van der Waals surface area (Å²) >= 11 is 4.28. The molecule has 0 aliphatic heterocycles. The SMILES string of the molecule is C.C.CCCc1c(O)ccc(C(=O)c2ccccc2)c1O.CCCc1c(O)ccc2c(-c3ccccc3)noc12.NOCl. The maximum atomic E-state index is 12.3. The Bertz CT molecular complexity index is 1560. The summed E-state index contributed by atoms with van der Waals surface area (Å²) in [4.78, 5) is 12.3. The van der Waals surface area contributed by atoms with Crippen LogP contribution in [0.25, 0.3) is 22.2 Å². The van der Waals surface area contributed by atoms with Crippen molar-refractivity contribution >= 4 is 28.6 Å². The first-order valence-electron chi connectivity index (χ1n) is 13.1. The Labute approximate surface area is 258 Å². The molecule has 43 heavy (non-hydrogen) atoms. The Balaban J connectivity index is 0.000000378. The second-order valence-corrected chi connectivity index (χ2v) is 9.26. The molecule has 0 amide bonds. The minimum Gasteiger partial charge on any atom is -0.508 e. The first kappa shape index (κ1) is 36.7. The summed E-state index contributed by atoms with van der Waals surface area (Å²) in [6.45, 7) is 4.03. The van der Waals surface area contributed by atoms with Crippen molar-refractivity contribution in [3.63, 3.8) is 0 Å². The number of hydrogen-bond donors (Lipinski definition) is 4. The van der Waals surface area contributed by atoms with Crippen LogP contribution < -0.4 is 5.90 Å². The van der Waals surface area contributed by atoms with Crippen molar-refractivity contribution in [1.29, 1.82) is 0 Å². The minimum absolute atomic E-state index is 0. The Morgan fingerprint density at radius 1 is 0.814 bits per heavy atom. The first-order chi connectivity index (χ1) is 19.9. The van der Waals surface area contributed by atoms with Crippen LogP contribution in [0.1, 0.15) is 68.6 Å². The molecule has 0 radical (unpaired) electrons. The molecule has 8 nitrogen and oxygen atoms in total. The summed E-state index contributed by atoms with van der Waals surface area (Å²) in [5.41, 5.74) is 4.57. The van der Waals surface area contributed by atoms with Crippen molar-refractivity contribution < 1.29 is 29.0 Å². The molecular weight excluding hydrogens is 568 g/mol. The van der Waals surface area contributed by atoms with Gasteiger partial charge in [0, 0.05) is 22.3 Å². The molecule has 0 unspecified atom stereocenters. The van der Waals surface area contributed by atoms with Gasteiger partial charge in [0.15, 0.2) is 11.4 Å². The van der Waals surface area contributed by atoms with Crippen LogP contribution in [-0.2, 0) is 17.2 Å². The molecule has 0 fully saturated rings. The summed E-state index contributed by atoms with van der Waals surface area (Å²) in [6, 6.07) is 25.2. The number of aromatic hydroxyl groups is 3. The van der Waals surface area contributed by atoms with Crippen LogP contribution in [0.2, 0.25) is 0 Å². The normalized spacial score (nSPS) is 9.86. The Morgan fingerprint density at radius 3 is 1.91 bits per heavy atom. The van der Waals surface area contributed by atoms with Gasteiger partial charge in [-0.3, -0.25) is 4.79 Å². The lowest BCUT2D eigenvalue weighted by Crippen LogP contribution is -2.03. The fourth-order valence-electron chi connectivity index (χ4n) is 4.39. The number of fused-ring (bicyclic) bond motifs is 1. The number of benzene rings is 4. The Morgan fingerprint density at radius 2 is 1.33 bits per heavy atom. The zero-order chi connectivity index (χ0) is 29.8. The predicted molar refractivity (Wildman–Crippen MR) is 173 cm³/mol. The Hall–Kier alpha value is -4.37. The third-order valence-corrected chi connectivity index (χ3v) is 6.30. The zero-order valence-electron chi connectivity index (χ0n) is 22.9. The average Bonchev–Trinajstić information content (AvgIpc) is 3.43. The van der Waals surface area contributed by atoms with Crippen molar-refractivity contribution in [2.75, 3.05) is 0 Å². The predicted octanol–water partition coefficient (Wildman–Crippen LogP) is 8.74. The number of aryl methyl sites for hydroxylation is 1. The van der Waals surface area contributed by atoms with E-state index in [1.54, 1.807) is 30.3 Å². The molecule has 0 aliphatic rings. The van der Waals surface area contributed by atoms with Crippen molar-refractivity contribution in [3.8, 4) is 28.5 Å². The first-order valence-corrected chi connectivity index (χ1v) is 13.4. The third kappa shape index (κ3) is 9.06. The molecule has 1 aromatic heterocycles. The maximum absolute atomic E-state index is 12.3. The minimum atomic E-state index is -0.240. The van der Waals surface area contributed by atoms with Gasteiger partial charge in [-0.1, -0.05) is 107 Å². The summed E-state index contributed by atoms with van der Waals surface area (Å²) in [5, 5.41) is 34.9. The van der Waals surface area contributed by atoms with Gasteiger partial charge >= 0.3 is 0 Å². The molecule has 0 saturated heterocycles. The summed E-state index contributed by atoms with van der Waals surface area (Å²) in [7, 11) is 0. The van der Waals surface area contributed by atoms with Crippen LogP contribution in [-0.4, -0.2) is 26.3 Å². The van der Waals surface area contributed by atoms with E-state index in [0.29, 0.717) is 23.1 Å². The van der Waals surface area contributed by atoms with Crippen LogP contribution in [0.4, 0.5) is 0 Å². The molecule has 1 heterocycles. The molecule has 9 heteroatoms. The van der Waals surface area contributed by atoms with Gasteiger partial charge in [0.2, 0.25) is 0 Å². The quantitative estimate of drug-likeness (QED) is 0.106. The van der Waals surface area contributed by atoms with E-state index in [9.17, 15) is 20.1 Å². The van der Waals surface area contributed by atoms with E-state index < -0.39 is 0 Å². The number of hydrogen-bond acceptors (Lipinski definition) is 8. The van der Waals surface area contributed by atoms with E-state index in [1.807, 2.05) is 49.4 Å². The van der Waals surface area contributed by atoms with Gasteiger partial charge in [-0.15, -0.1) is 0 Å². The monoisotopic (exact) mass is 608 g/mol. The number of carbonyl (C=O) groups is 1. The molecule has 5 aromatic rings. The summed E-state index contributed by atoms with van der Waals surface area (Å²) in [6.07, 6.45) is 3.05. The number of phenolic OH excluding ortho intramolecular Hbond substituents is 3. The van der Waals surface area contributed by atoms with Crippen molar-refractivity contribution in [3.05, 3.63) is 107 Å². The average molecular weight is 609 g/mol. The number of rotatable bonds is 7. The van der Waals surface area contributed by atoms with Crippen LogP contribution in [0, 0.1) is 0 Å². The van der Waals surface area contributed by atoms with Crippen molar-refractivity contribution in [1.82, 2.24) is 5.16 Å². The molecule has 5 N–H and O–H groups in total. The number of carbonyl (C=O) groups excluding carboxylic acids is 1. The van der Waals surface area contributed by atoms with Crippen LogP contribution in [0.5, 0.6) is 17.2 Å². The van der Waals surface area contributed by atoms with E-state index in [-0.39, 0.29) is 43.4 Å². The van der Waals surface area contributed by atoms with Gasteiger partial charge in [-0.05, 0) is 37.1 Å². The van der Waals surface area contributed by atoms with Crippen LogP contribution >= 0.6 is 11.9 Å². The van der Waals surface area contributed by atoms with Gasteiger partial charge in [0.05, 0.1) is 22.8 Å². The second kappa shape index (κ2) is 18.2. The van der Waals surface area contributed by atoms with E-state index in [2.05, 4.69) is 34.2 Å². The lowest BCUT2D eigenvalue weighted by molar-refractivity contribution is 0.103. The molecule has 230 valence electrons.